The highest BCUT2D eigenvalue weighted by Gasteiger charge is 2.15. The number of rotatable bonds is 3. The Hall–Kier alpha value is -3.58. The van der Waals surface area contributed by atoms with E-state index in [1.54, 1.807) is 12.5 Å². The number of hydrogen-bond donors (Lipinski definition) is 1. The van der Waals surface area contributed by atoms with Crippen molar-refractivity contribution in [1.29, 1.82) is 0 Å². The maximum atomic E-state index is 6.46. The standard InChI is InChI=1S/C20H14ClN7/c21-15-6-2-1-5-14(15)16-13(8-12-4-3-7-23-19(12)27-16)9-28-11-26-17-18(22)24-10-25-20(17)28/h1-8,10-11H,9H2,(H2,22,24,25). The number of fused-ring (bicyclic) bond motifs is 2. The first-order valence-electron chi connectivity index (χ1n) is 8.61. The molecule has 5 aromatic rings. The lowest BCUT2D eigenvalue weighted by Crippen LogP contribution is -2.04. The molecule has 7 nitrogen and oxygen atoms in total. The maximum Gasteiger partial charge on any atom is 0.165 e. The highest BCUT2D eigenvalue weighted by Crippen LogP contribution is 2.31. The number of nitrogens with two attached hydrogens (primary N) is 1. The monoisotopic (exact) mass is 387 g/mol. The lowest BCUT2D eigenvalue weighted by Gasteiger charge is -2.13. The van der Waals surface area contributed by atoms with Gasteiger partial charge in [0, 0.05) is 22.2 Å². The van der Waals surface area contributed by atoms with Crippen LogP contribution in [0, 0.1) is 0 Å². The van der Waals surface area contributed by atoms with Crippen LogP contribution in [-0.2, 0) is 6.54 Å². The van der Waals surface area contributed by atoms with E-state index in [0.717, 1.165) is 22.2 Å². The third kappa shape index (κ3) is 2.73. The first-order chi connectivity index (χ1) is 13.7. The first-order valence-corrected chi connectivity index (χ1v) is 8.99. The number of aromatic nitrogens is 6. The summed E-state index contributed by atoms with van der Waals surface area (Å²) in [5.41, 5.74) is 10.4. The lowest BCUT2D eigenvalue weighted by atomic mass is 10.0. The van der Waals surface area contributed by atoms with E-state index in [1.807, 2.05) is 41.0 Å². The van der Waals surface area contributed by atoms with Crippen molar-refractivity contribution in [1.82, 2.24) is 29.5 Å². The molecule has 0 spiro atoms. The minimum Gasteiger partial charge on any atom is -0.382 e. The maximum absolute atomic E-state index is 6.46. The predicted octanol–water partition coefficient (Wildman–Crippen LogP) is 3.72. The van der Waals surface area contributed by atoms with Crippen LogP contribution in [0.15, 0.2) is 61.3 Å². The molecule has 0 atom stereocenters. The van der Waals surface area contributed by atoms with Crippen molar-refractivity contribution in [3.63, 3.8) is 0 Å². The number of imidazole rings is 1. The lowest BCUT2D eigenvalue weighted by molar-refractivity contribution is 0.812. The average molecular weight is 388 g/mol. The minimum absolute atomic E-state index is 0.357. The third-order valence-corrected chi connectivity index (χ3v) is 4.90. The van der Waals surface area contributed by atoms with E-state index in [2.05, 4.69) is 26.0 Å². The van der Waals surface area contributed by atoms with E-state index in [-0.39, 0.29) is 0 Å². The van der Waals surface area contributed by atoms with E-state index >= 15 is 0 Å². The number of pyridine rings is 2. The van der Waals surface area contributed by atoms with Crippen LogP contribution in [0.5, 0.6) is 0 Å². The zero-order valence-electron chi connectivity index (χ0n) is 14.6. The Bertz CT molecular complexity index is 1330. The zero-order valence-corrected chi connectivity index (χ0v) is 15.4. The molecule has 4 heterocycles. The van der Waals surface area contributed by atoms with Crippen molar-refractivity contribution >= 4 is 39.6 Å². The molecule has 0 unspecified atom stereocenters. The Balaban J connectivity index is 1.72. The molecule has 5 rings (SSSR count). The summed E-state index contributed by atoms with van der Waals surface area (Å²) in [6.07, 6.45) is 4.88. The minimum atomic E-state index is 0.357. The summed E-state index contributed by atoms with van der Waals surface area (Å²) in [6.45, 7) is 0.505. The number of nitrogen functional groups attached to an aromatic ring is 1. The van der Waals surface area contributed by atoms with Gasteiger partial charge in [0.1, 0.15) is 11.8 Å². The fraction of sp³-hybridized carbons (Fsp3) is 0.0500. The van der Waals surface area contributed by atoms with Crippen molar-refractivity contribution in [2.45, 2.75) is 6.54 Å². The molecular formula is C20H14ClN7. The highest BCUT2D eigenvalue weighted by atomic mass is 35.5. The molecule has 0 saturated heterocycles. The molecule has 4 aromatic heterocycles. The molecule has 1 aromatic carbocycles. The first kappa shape index (κ1) is 16.6. The van der Waals surface area contributed by atoms with Crippen LogP contribution < -0.4 is 5.73 Å². The summed E-state index contributed by atoms with van der Waals surface area (Å²) in [5.74, 6) is 0.357. The third-order valence-electron chi connectivity index (χ3n) is 4.57. The van der Waals surface area contributed by atoms with E-state index in [4.69, 9.17) is 22.3 Å². The summed E-state index contributed by atoms with van der Waals surface area (Å²) in [5, 5.41) is 1.58. The molecule has 0 aliphatic heterocycles. The molecular weight excluding hydrogens is 374 g/mol. The Morgan fingerprint density at radius 1 is 1.00 bits per heavy atom. The second-order valence-corrected chi connectivity index (χ2v) is 6.74. The second-order valence-electron chi connectivity index (χ2n) is 6.33. The van der Waals surface area contributed by atoms with Gasteiger partial charge in [0.15, 0.2) is 17.1 Å². The van der Waals surface area contributed by atoms with Gasteiger partial charge in [-0.15, -0.1) is 0 Å². The molecule has 2 N–H and O–H groups in total. The molecule has 8 heteroatoms. The topological polar surface area (TPSA) is 95.4 Å². The number of nitrogens with zero attached hydrogens (tertiary/aromatic N) is 6. The molecule has 0 radical (unpaired) electrons. The molecule has 0 bridgehead atoms. The van der Waals surface area contributed by atoms with Gasteiger partial charge in [-0.05, 0) is 29.8 Å². The van der Waals surface area contributed by atoms with Crippen LogP contribution in [0.4, 0.5) is 5.82 Å². The number of benzene rings is 1. The Kier molecular flexibility index (Phi) is 3.87. The Morgan fingerprint density at radius 3 is 2.79 bits per heavy atom. The smallest absolute Gasteiger partial charge is 0.165 e. The van der Waals surface area contributed by atoms with Crippen LogP contribution in [-0.4, -0.2) is 29.5 Å². The molecule has 0 saturated carbocycles. The van der Waals surface area contributed by atoms with E-state index in [9.17, 15) is 0 Å². The van der Waals surface area contributed by atoms with Gasteiger partial charge in [-0.2, -0.15) is 0 Å². The van der Waals surface area contributed by atoms with E-state index in [0.29, 0.717) is 34.2 Å². The van der Waals surface area contributed by atoms with Gasteiger partial charge in [0.25, 0.3) is 0 Å². The van der Waals surface area contributed by atoms with E-state index < -0.39 is 0 Å². The fourth-order valence-corrected chi connectivity index (χ4v) is 3.48. The van der Waals surface area contributed by atoms with Crippen molar-refractivity contribution in [3.05, 3.63) is 71.9 Å². The summed E-state index contributed by atoms with van der Waals surface area (Å²) in [6, 6.07) is 13.6. The predicted molar refractivity (Wildman–Crippen MR) is 109 cm³/mol. The molecule has 136 valence electrons. The van der Waals surface area contributed by atoms with Gasteiger partial charge in [0.05, 0.1) is 18.6 Å². The highest BCUT2D eigenvalue weighted by molar-refractivity contribution is 6.33. The number of hydrogen-bond acceptors (Lipinski definition) is 6. The Labute approximate surface area is 164 Å². The van der Waals surface area contributed by atoms with Gasteiger partial charge in [-0.25, -0.2) is 24.9 Å². The number of halogens is 1. The van der Waals surface area contributed by atoms with Crippen LogP contribution in [0.1, 0.15) is 5.56 Å². The van der Waals surface area contributed by atoms with Gasteiger partial charge in [0.2, 0.25) is 0 Å². The van der Waals surface area contributed by atoms with Crippen LogP contribution >= 0.6 is 11.6 Å². The van der Waals surface area contributed by atoms with Crippen LogP contribution in [0.2, 0.25) is 5.02 Å². The van der Waals surface area contributed by atoms with Crippen LogP contribution in [0.3, 0.4) is 0 Å². The molecule has 0 amide bonds. The quantitative estimate of drug-likeness (QED) is 0.507. The SMILES string of the molecule is Nc1ncnc2c1ncn2Cc1cc2cccnc2nc1-c1ccccc1Cl. The normalized spacial score (nSPS) is 11.3. The largest absolute Gasteiger partial charge is 0.382 e. The summed E-state index contributed by atoms with van der Waals surface area (Å²) in [7, 11) is 0. The van der Waals surface area contributed by atoms with E-state index in [1.165, 1.54) is 6.33 Å². The van der Waals surface area contributed by atoms with Gasteiger partial charge >= 0.3 is 0 Å². The van der Waals surface area contributed by atoms with Crippen molar-refractivity contribution in [3.8, 4) is 11.3 Å². The second kappa shape index (κ2) is 6.54. The Morgan fingerprint density at radius 2 is 1.89 bits per heavy atom. The van der Waals surface area contributed by atoms with Crippen molar-refractivity contribution < 1.29 is 0 Å². The number of anilines is 1. The summed E-state index contributed by atoms with van der Waals surface area (Å²) >= 11 is 6.46. The van der Waals surface area contributed by atoms with Crippen LogP contribution in [0.25, 0.3) is 33.5 Å². The summed E-state index contributed by atoms with van der Waals surface area (Å²) < 4.78 is 1.92. The van der Waals surface area contributed by atoms with Gasteiger partial charge in [-0.3, -0.25) is 0 Å². The van der Waals surface area contributed by atoms with Gasteiger partial charge < -0.3 is 10.3 Å². The van der Waals surface area contributed by atoms with Crippen molar-refractivity contribution in [2.24, 2.45) is 0 Å². The average Bonchev–Trinajstić information content (AvgIpc) is 3.12. The van der Waals surface area contributed by atoms with Gasteiger partial charge in [-0.1, -0.05) is 29.8 Å². The fourth-order valence-electron chi connectivity index (χ4n) is 3.25. The van der Waals surface area contributed by atoms with Crippen molar-refractivity contribution in [2.75, 3.05) is 5.73 Å². The zero-order chi connectivity index (χ0) is 19.1. The molecule has 0 fully saturated rings. The summed E-state index contributed by atoms with van der Waals surface area (Å²) in [4.78, 5) is 21.9. The molecule has 0 aliphatic rings. The molecule has 0 aliphatic carbocycles. The molecule has 28 heavy (non-hydrogen) atoms.